The van der Waals surface area contributed by atoms with E-state index >= 15 is 0 Å². The number of rotatable bonds is 2. The predicted molar refractivity (Wildman–Crippen MR) is 72.7 cm³/mol. The second kappa shape index (κ2) is 5.88. The molecule has 0 radical (unpaired) electrons. The first-order valence-corrected chi connectivity index (χ1v) is 8.01. The van der Waals surface area contributed by atoms with Crippen molar-refractivity contribution >= 4 is 15.7 Å². The van der Waals surface area contributed by atoms with E-state index in [1.165, 1.54) is 16.4 Å². The highest BCUT2D eigenvalue weighted by atomic mass is 32.2. The zero-order valence-corrected chi connectivity index (χ0v) is 11.6. The maximum atomic E-state index is 13.1. The van der Waals surface area contributed by atoms with Gasteiger partial charge < -0.3 is 5.73 Å². The molecule has 2 N–H and O–H groups in total. The van der Waals surface area contributed by atoms with Crippen LogP contribution in [-0.2, 0) is 10.0 Å². The van der Waals surface area contributed by atoms with Crippen LogP contribution < -0.4 is 5.73 Å². The topological polar surface area (TPSA) is 63.4 Å². The second-order valence-electron chi connectivity index (χ2n) is 4.86. The molecule has 0 amide bonds. The normalized spacial score (nSPS) is 18.8. The van der Waals surface area contributed by atoms with Crippen LogP contribution in [0.3, 0.4) is 0 Å². The summed E-state index contributed by atoms with van der Waals surface area (Å²) in [6.45, 7) is 1.05. The minimum Gasteiger partial charge on any atom is -0.396 e. The average Bonchev–Trinajstić information content (AvgIpc) is 2.31. The molecule has 106 valence electrons. The molecule has 1 saturated heterocycles. The van der Waals surface area contributed by atoms with Crippen molar-refractivity contribution in [3.05, 3.63) is 24.0 Å². The molecule has 0 unspecified atom stereocenters. The average molecular weight is 286 g/mol. The molecule has 1 aromatic carbocycles. The lowest BCUT2D eigenvalue weighted by atomic mass is 10.1. The standard InChI is InChI=1S/C13H19FN2O2S/c14-12-7-6-11(10-13(12)15)19(17,18)16-8-4-2-1-3-5-9-16/h6-7,10H,1-5,8-9,15H2. The zero-order chi connectivity index (χ0) is 13.9. The van der Waals surface area contributed by atoms with Crippen LogP contribution in [0.25, 0.3) is 0 Å². The van der Waals surface area contributed by atoms with Crippen LogP contribution in [0.15, 0.2) is 23.1 Å². The molecule has 0 aromatic heterocycles. The number of benzene rings is 1. The molecule has 4 nitrogen and oxygen atoms in total. The molecule has 0 bridgehead atoms. The molecule has 0 spiro atoms. The zero-order valence-electron chi connectivity index (χ0n) is 10.8. The number of hydrogen-bond donors (Lipinski definition) is 1. The molecule has 1 heterocycles. The summed E-state index contributed by atoms with van der Waals surface area (Å²) in [6, 6.07) is 3.58. The summed E-state index contributed by atoms with van der Waals surface area (Å²) in [5.74, 6) is -0.591. The summed E-state index contributed by atoms with van der Waals surface area (Å²) in [5, 5.41) is 0. The van der Waals surface area contributed by atoms with Gasteiger partial charge in [-0.15, -0.1) is 0 Å². The molecule has 0 aliphatic carbocycles. The quantitative estimate of drug-likeness (QED) is 0.849. The monoisotopic (exact) mass is 286 g/mol. The fraction of sp³-hybridized carbons (Fsp3) is 0.538. The third-order valence-electron chi connectivity index (χ3n) is 3.42. The van der Waals surface area contributed by atoms with Crippen LogP contribution in [0.1, 0.15) is 32.1 Å². The highest BCUT2D eigenvalue weighted by Crippen LogP contribution is 2.22. The van der Waals surface area contributed by atoms with E-state index in [0.29, 0.717) is 13.1 Å². The summed E-state index contributed by atoms with van der Waals surface area (Å²) in [4.78, 5) is 0.0759. The first-order chi connectivity index (χ1) is 9.01. The van der Waals surface area contributed by atoms with Crippen molar-refractivity contribution < 1.29 is 12.8 Å². The lowest BCUT2D eigenvalue weighted by molar-refractivity contribution is 0.364. The fourth-order valence-electron chi connectivity index (χ4n) is 2.29. The van der Waals surface area contributed by atoms with Gasteiger partial charge in [-0.3, -0.25) is 0 Å². The Morgan fingerprint density at radius 3 is 2.21 bits per heavy atom. The van der Waals surface area contributed by atoms with E-state index < -0.39 is 15.8 Å². The Morgan fingerprint density at radius 2 is 1.63 bits per heavy atom. The molecule has 1 aliphatic heterocycles. The summed E-state index contributed by atoms with van der Waals surface area (Å²) < 4.78 is 39.5. The minimum atomic E-state index is -3.55. The molecular formula is C13H19FN2O2S. The van der Waals surface area contributed by atoms with Gasteiger partial charge in [0.15, 0.2) is 0 Å². The van der Waals surface area contributed by atoms with Gasteiger partial charge in [-0.05, 0) is 31.0 Å². The number of nitrogens with zero attached hydrogens (tertiary/aromatic N) is 1. The predicted octanol–water partition coefficient (Wildman–Crippen LogP) is 2.36. The Bertz CT molecular complexity index is 538. The Balaban J connectivity index is 2.26. The first-order valence-electron chi connectivity index (χ1n) is 6.57. The van der Waals surface area contributed by atoms with Crippen molar-refractivity contribution in [1.29, 1.82) is 0 Å². The van der Waals surface area contributed by atoms with E-state index in [0.717, 1.165) is 38.2 Å². The maximum Gasteiger partial charge on any atom is 0.243 e. The summed E-state index contributed by atoms with van der Waals surface area (Å²) in [7, 11) is -3.55. The van der Waals surface area contributed by atoms with E-state index in [1.807, 2.05) is 0 Å². The maximum absolute atomic E-state index is 13.1. The lowest BCUT2D eigenvalue weighted by Crippen LogP contribution is -2.33. The van der Waals surface area contributed by atoms with Gasteiger partial charge in [0.1, 0.15) is 5.82 Å². The number of sulfonamides is 1. The largest absolute Gasteiger partial charge is 0.396 e. The molecule has 19 heavy (non-hydrogen) atoms. The molecule has 2 rings (SSSR count). The highest BCUT2D eigenvalue weighted by Gasteiger charge is 2.25. The molecule has 0 atom stereocenters. The molecule has 1 fully saturated rings. The number of halogens is 1. The first kappa shape index (κ1) is 14.3. The molecular weight excluding hydrogens is 267 g/mol. The van der Waals surface area contributed by atoms with E-state index in [2.05, 4.69) is 0 Å². The van der Waals surface area contributed by atoms with Crippen molar-refractivity contribution in [2.24, 2.45) is 0 Å². The smallest absolute Gasteiger partial charge is 0.243 e. The summed E-state index contributed by atoms with van der Waals surface area (Å²) >= 11 is 0. The van der Waals surface area contributed by atoms with Crippen LogP contribution in [0.5, 0.6) is 0 Å². The Morgan fingerprint density at radius 1 is 1.05 bits per heavy atom. The van der Waals surface area contributed by atoms with Crippen molar-refractivity contribution in [1.82, 2.24) is 4.31 Å². The van der Waals surface area contributed by atoms with E-state index in [9.17, 15) is 12.8 Å². The number of anilines is 1. The van der Waals surface area contributed by atoms with E-state index in [4.69, 9.17) is 5.73 Å². The third-order valence-corrected chi connectivity index (χ3v) is 5.31. The molecule has 1 aromatic rings. The number of nitrogens with two attached hydrogens (primary N) is 1. The fourth-order valence-corrected chi connectivity index (χ4v) is 3.84. The molecule has 1 aliphatic rings. The Labute approximate surface area is 113 Å². The van der Waals surface area contributed by atoms with E-state index in [1.54, 1.807) is 0 Å². The van der Waals surface area contributed by atoms with Gasteiger partial charge >= 0.3 is 0 Å². The Kier molecular flexibility index (Phi) is 4.42. The summed E-state index contributed by atoms with van der Waals surface area (Å²) in [6.07, 6.45) is 5.01. The highest BCUT2D eigenvalue weighted by molar-refractivity contribution is 7.89. The van der Waals surface area contributed by atoms with Crippen LogP contribution in [0, 0.1) is 5.82 Å². The van der Waals surface area contributed by atoms with Gasteiger partial charge in [-0.25, -0.2) is 12.8 Å². The van der Waals surface area contributed by atoms with Gasteiger partial charge in [0, 0.05) is 13.1 Å². The van der Waals surface area contributed by atoms with Crippen LogP contribution in [0.2, 0.25) is 0 Å². The number of hydrogen-bond acceptors (Lipinski definition) is 3. The van der Waals surface area contributed by atoms with Gasteiger partial charge in [0.2, 0.25) is 10.0 Å². The Hall–Kier alpha value is -1.14. The van der Waals surface area contributed by atoms with Crippen LogP contribution in [0.4, 0.5) is 10.1 Å². The van der Waals surface area contributed by atoms with Gasteiger partial charge in [-0.1, -0.05) is 19.3 Å². The van der Waals surface area contributed by atoms with Crippen molar-refractivity contribution in [3.63, 3.8) is 0 Å². The lowest BCUT2D eigenvalue weighted by Gasteiger charge is -2.24. The third kappa shape index (κ3) is 3.25. The number of nitrogen functional groups attached to an aromatic ring is 1. The van der Waals surface area contributed by atoms with Crippen LogP contribution in [-0.4, -0.2) is 25.8 Å². The van der Waals surface area contributed by atoms with Crippen molar-refractivity contribution in [2.75, 3.05) is 18.8 Å². The molecule has 0 saturated carbocycles. The molecule has 6 heteroatoms. The van der Waals surface area contributed by atoms with Crippen molar-refractivity contribution in [2.45, 2.75) is 37.0 Å². The SMILES string of the molecule is Nc1cc(S(=O)(=O)N2CCCCCCC2)ccc1F. The summed E-state index contributed by atoms with van der Waals surface area (Å²) in [5.41, 5.74) is 5.31. The second-order valence-corrected chi connectivity index (χ2v) is 6.79. The van der Waals surface area contributed by atoms with Crippen molar-refractivity contribution in [3.8, 4) is 0 Å². The van der Waals surface area contributed by atoms with E-state index in [-0.39, 0.29) is 10.6 Å². The van der Waals surface area contributed by atoms with Crippen LogP contribution >= 0.6 is 0 Å². The van der Waals surface area contributed by atoms with Gasteiger partial charge in [0.25, 0.3) is 0 Å². The minimum absolute atomic E-state index is 0.0759. The van der Waals surface area contributed by atoms with Gasteiger partial charge in [0.05, 0.1) is 10.6 Å². The van der Waals surface area contributed by atoms with Gasteiger partial charge in [-0.2, -0.15) is 4.31 Å².